The van der Waals surface area contributed by atoms with Gasteiger partial charge in [0.1, 0.15) is 0 Å². The highest BCUT2D eigenvalue weighted by Gasteiger charge is 2.15. The van der Waals surface area contributed by atoms with E-state index in [-0.39, 0.29) is 0 Å². The van der Waals surface area contributed by atoms with E-state index < -0.39 is 0 Å². The van der Waals surface area contributed by atoms with Crippen LogP contribution in [0.25, 0.3) is 0 Å². The van der Waals surface area contributed by atoms with Crippen molar-refractivity contribution in [2.45, 2.75) is 32.1 Å². The topological polar surface area (TPSA) is 0 Å². The Balaban J connectivity index is 2.26. The van der Waals surface area contributed by atoms with Crippen molar-refractivity contribution in [3.63, 3.8) is 0 Å². The molecule has 0 aliphatic heterocycles. The lowest BCUT2D eigenvalue weighted by Gasteiger charge is -2.22. The fourth-order valence-electron chi connectivity index (χ4n) is 2.14. The fourth-order valence-corrected chi connectivity index (χ4v) is 2.14. The van der Waals surface area contributed by atoms with Gasteiger partial charge in [0.15, 0.2) is 0 Å². The smallest absolute Gasteiger partial charge is 0.00455 e. The Kier molecular flexibility index (Phi) is 2.49. The molecule has 1 unspecified atom stereocenters. The molecule has 68 valence electrons. The fraction of sp³-hybridized carbons (Fsp3) is 0.385. The SMILES string of the molecule is CC1=CCCCC1c1ccccc1. The molecule has 0 amide bonds. The maximum Gasteiger partial charge on any atom is 0.00455 e. The van der Waals surface area contributed by atoms with Crippen molar-refractivity contribution in [2.24, 2.45) is 0 Å². The van der Waals surface area contributed by atoms with Crippen LogP contribution in [0.5, 0.6) is 0 Å². The summed E-state index contributed by atoms with van der Waals surface area (Å²) in [7, 11) is 0. The van der Waals surface area contributed by atoms with Crippen LogP contribution in [0, 0.1) is 0 Å². The van der Waals surface area contributed by atoms with E-state index in [1.807, 2.05) is 0 Å². The Morgan fingerprint density at radius 2 is 1.92 bits per heavy atom. The average molecular weight is 172 g/mol. The molecule has 1 aliphatic carbocycles. The minimum Gasteiger partial charge on any atom is -0.0850 e. The van der Waals surface area contributed by atoms with E-state index in [1.54, 1.807) is 5.57 Å². The molecule has 1 aromatic carbocycles. The molecule has 0 radical (unpaired) electrons. The van der Waals surface area contributed by atoms with Gasteiger partial charge in [-0.25, -0.2) is 0 Å². The zero-order chi connectivity index (χ0) is 9.10. The summed E-state index contributed by atoms with van der Waals surface area (Å²) in [5.74, 6) is 0.690. The molecular formula is C13H16. The zero-order valence-corrected chi connectivity index (χ0v) is 8.16. The Bertz CT molecular complexity index is 295. The van der Waals surface area contributed by atoms with Crippen LogP contribution >= 0.6 is 0 Å². The molecular weight excluding hydrogens is 156 g/mol. The van der Waals surface area contributed by atoms with Crippen molar-refractivity contribution < 1.29 is 0 Å². The van der Waals surface area contributed by atoms with Crippen LogP contribution in [0.4, 0.5) is 0 Å². The largest absolute Gasteiger partial charge is 0.0850 e. The Hall–Kier alpha value is -1.04. The summed E-state index contributed by atoms with van der Waals surface area (Å²) < 4.78 is 0. The molecule has 13 heavy (non-hydrogen) atoms. The average Bonchev–Trinajstić information content (AvgIpc) is 2.20. The molecule has 0 aromatic heterocycles. The number of rotatable bonds is 1. The summed E-state index contributed by atoms with van der Waals surface area (Å²) in [6, 6.07) is 10.8. The summed E-state index contributed by atoms with van der Waals surface area (Å²) in [5, 5.41) is 0. The van der Waals surface area contributed by atoms with Gasteiger partial charge in [0.2, 0.25) is 0 Å². The lowest BCUT2D eigenvalue weighted by molar-refractivity contribution is 0.623. The number of allylic oxidation sites excluding steroid dienone is 2. The van der Waals surface area contributed by atoms with Gasteiger partial charge in [0, 0.05) is 5.92 Å². The van der Waals surface area contributed by atoms with Gasteiger partial charge in [-0.05, 0) is 31.7 Å². The van der Waals surface area contributed by atoms with Gasteiger partial charge in [-0.15, -0.1) is 0 Å². The summed E-state index contributed by atoms with van der Waals surface area (Å²) in [6.45, 7) is 2.26. The van der Waals surface area contributed by atoms with E-state index in [4.69, 9.17) is 0 Å². The highest BCUT2D eigenvalue weighted by atomic mass is 14.2. The van der Waals surface area contributed by atoms with Crippen molar-refractivity contribution in [1.82, 2.24) is 0 Å². The molecule has 0 nitrogen and oxygen atoms in total. The minimum atomic E-state index is 0.690. The molecule has 1 atom stereocenters. The van der Waals surface area contributed by atoms with Crippen LogP contribution in [-0.2, 0) is 0 Å². The first-order chi connectivity index (χ1) is 6.38. The van der Waals surface area contributed by atoms with Gasteiger partial charge in [0.05, 0.1) is 0 Å². The Morgan fingerprint density at radius 3 is 2.62 bits per heavy atom. The molecule has 0 saturated heterocycles. The van der Waals surface area contributed by atoms with Crippen LogP contribution in [0.1, 0.15) is 37.7 Å². The summed E-state index contributed by atoms with van der Waals surface area (Å²) in [4.78, 5) is 0. The van der Waals surface area contributed by atoms with Gasteiger partial charge in [0.25, 0.3) is 0 Å². The number of benzene rings is 1. The normalized spacial score (nSPS) is 22.5. The van der Waals surface area contributed by atoms with Gasteiger partial charge in [-0.1, -0.05) is 42.0 Å². The predicted molar refractivity (Wildman–Crippen MR) is 56.8 cm³/mol. The van der Waals surface area contributed by atoms with Crippen LogP contribution < -0.4 is 0 Å². The van der Waals surface area contributed by atoms with E-state index in [1.165, 1.54) is 24.8 Å². The van der Waals surface area contributed by atoms with Crippen molar-refractivity contribution in [3.05, 3.63) is 47.5 Å². The van der Waals surface area contributed by atoms with Gasteiger partial charge < -0.3 is 0 Å². The number of hydrogen-bond acceptors (Lipinski definition) is 0. The maximum atomic E-state index is 2.39. The third kappa shape index (κ3) is 1.82. The van der Waals surface area contributed by atoms with Gasteiger partial charge >= 0.3 is 0 Å². The highest BCUT2D eigenvalue weighted by Crippen LogP contribution is 2.33. The molecule has 0 saturated carbocycles. The predicted octanol–water partition coefficient (Wildman–Crippen LogP) is 3.90. The van der Waals surface area contributed by atoms with Gasteiger partial charge in [-0.2, -0.15) is 0 Å². The summed E-state index contributed by atoms with van der Waals surface area (Å²) >= 11 is 0. The monoisotopic (exact) mass is 172 g/mol. The van der Waals surface area contributed by atoms with Crippen LogP contribution in [0.3, 0.4) is 0 Å². The van der Waals surface area contributed by atoms with Crippen LogP contribution in [0.15, 0.2) is 42.0 Å². The van der Waals surface area contributed by atoms with E-state index >= 15 is 0 Å². The molecule has 0 bridgehead atoms. The third-order valence-electron chi connectivity index (χ3n) is 2.91. The van der Waals surface area contributed by atoms with Crippen LogP contribution in [0.2, 0.25) is 0 Å². The van der Waals surface area contributed by atoms with Crippen molar-refractivity contribution in [2.75, 3.05) is 0 Å². The third-order valence-corrected chi connectivity index (χ3v) is 2.91. The first-order valence-electron chi connectivity index (χ1n) is 5.09. The van der Waals surface area contributed by atoms with Crippen LogP contribution in [-0.4, -0.2) is 0 Å². The second kappa shape index (κ2) is 3.78. The maximum absolute atomic E-state index is 2.39. The number of hydrogen-bond donors (Lipinski definition) is 0. The lowest BCUT2D eigenvalue weighted by atomic mass is 9.83. The van der Waals surface area contributed by atoms with E-state index in [0.29, 0.717) is 5.92 Å². The van der Waals surface area contributed by atoms with Crippen molar-refractivity contribution in [3.8, 4) is 0 Å². The molecule has 1 aromatic rings. The van der Waals surface area contributed by atoms with Crippen molar-refractivity contribution >= 4 is 0 Å². The second-order valence-corrected chi connectivity index (χ2v) is 3.84. The molecule has 0 heteroatoms. The first kappa shape index (κ1) is 8.55. The minimum absolute atomic E-state index is 0.690. The first-order valence-corrected chi connectivity index (χ1v) is 5.09. The standard InChI is InChI=1S/C13H16/c1-11-7-5-6-10-13(11)12-8-3-2-4-9-12/h2-4,7-9,13H,5-6,10H2,1H3. The van der Waals surface area contributed by atoms with Crippen molar-refractivity contribution in [1.29, 1.82) is 0 Å². The second-order valence-electron chi connectivity index (χ2n) is 3.84. The molecule has 0 fully saturated rings. The molecule has 0 N–H and O–H groups in total. The molecule has 0 heterocycles. The quantitative estimate of drug-likeness (QED) is 0.563. The summed E-state index contributed by atoms with van der Waals surface area (Å²) in [6.07, 6.45) is 6.33. The van der Waals surface area contributed by atoms with E-state index in [0.717, 1.165) is 0 Å². The highest BCUT2D eigenvalue weighted by molar-refractivity contribution is 5.29. The molecule has 0 spiro atoms. The Labute approximate surface area is 80.3 Å². The lowest BCUT2D eigenvalue weighted by Crippen LogP contribution is -2.04. The molecule has 2 rings (SSSR count). The van der Waals surface area contributed by atoms with Gasteiger partial charge in [-0.3, -0.25) is 0 Å². The Morgan fingerprint density at radius 1 is 1.15 bits per heavy atom. The zero-order valence-electron chi connectivity index (χ0n) is 8.16. The molecule has 1 aliphatic rings. The van der Waals surface area contributed by atoms with E-state index in [9.17, 15) is 0 Å². The van der Waals surface area contributed by atoms with E-state index in [2.05, 4.69) is 43.3 Å². The summed E-state index contributed by atoms with van der Waals surface area (Å²) in [5.41, 5.74) is 3.04.